The van der Waals surface area contributed by atoms with Gasteiger partial charge in [-0.15, -0.1) is 0 Å². The average Bonchev–Trinajstić information content (AvgIpc) is 2.47. The molecule has 0 aromatic heterocycles. The Morgan fingerprint density at radius 3 is 2.73 bits per heavy atom. The summed E-state index contributed by atoms with van der Waals surface area (Å²) in [5, 5.41) is 1.29. The second-order valence-corrected chi connectivity index (χ2v) is 4.88. The largest absolute Gasteiger partial charge is 0.398 e. The molecule has 0 aliphatic carbocycles. The molecule has 0 amide bonds. The summed E-state index contributed by atoms with van der Waals surface area (Å²) in [6.45, 7) is 0. The molecule has 0 radical (unpaired) electrons. The molecule has 0 saturated carbocycles. The molecule has 0 fully saturated rings. The molecule has 1 aliphatic rings. The van der Waals surface area contributed by atoms with Gasteiger partial charge in [-0.2, -0.15) is 8.42 Å². The van der Waals surface area contributed by atoms with Crippen LogP contribution in [-0.4, -0.2) is 8.42 Å². The van der Waals surface area contributed by atoms with Crippen molar-refractivity contribution in [1.82, 2.24) is 0 Å². The first-order valence-electron chi connectivity index (χ1n) is 4.35. The standard InChI is InChI=1S/C10H7NO3S/c11-7-4-5-8-10-6(7)2-1-3-9(10)15(12,13)14-8/h1-5H,11H2. The first-order chi connectivity index (χ1) is 7.09. The van der Waals surface area contributed by atoms with Crippen molar-refractivity contribution in [3.05, 3.63) is 30.3 Å². The van der Waals surface area contributed by atoms with Crippen LogP contribution in [0.5, 0.6) is 5.75 Å². The van der Waals surface area contributed by atoms with Crippen LogP contribution in [0.15, 0.2) is 35.2 Å². The normalized spacial score (nSPS) is 16.5. The van der Waals surface area contributed by atoms with Gasteiger partial charge in [-0.3, -0.25) is 0 Å². The second-order valence-electron chi connectivity index (χ2n) is 3.37. The van der Waals surface area contributed by atoms with E-state index in [2.05, 4.69) is 0 Å². The summed E-state index contributed by atoms with van der Waals surface area (Å²) in [5.74, 6) is 0.356. The summed E-state index contributed by atoms with van der Waals surface area (Å²) in [7, 11) is -3.63. The van der Waals surface area contributed by atoms with E-state index in [1.54, 1.807) is 24.3 Å². The molecule has 0 saturated heterocycles. The number of rotatable bonds is 0. The lowest BCUT2D eigenvalue weighted by Crippen LogP contribution is -2.02. The van der Waals surface area contributed by atoms with Gasteiger partial charge in [0.25, 0.3) is 0 Å². The molecule has 1 aliphatic heterocycles. The molecule has 0 spiro atoms. The fourth-order valence-electron chi connectivity index (χ4n) is 1.81. The van der Waals surface area contributed by atoms with Gasteiger partial charge < -0.3 is 9.92 Å². The van der Waals surface area contributed by atoms with Gasteiger partial charge in [-0.1, -0.05) is 12.1 Å². The van der Waals surface area contributed by atoms with Crippen LogP contribution >= 0.6 is 0 Å². The minimum absolute atomic E-state index is 0.197. The van der Waals surface area contributed by atoms with Crippen molar-refractivity contribution in [3.63, 3.8) is 0 Å². The molecular weight excluding hydrogens is 214 g/mol. The van der Waals surface area contributed by atoms with Gasteiger partial charge in [-0.25, -0.2) is 0 Å². The molecule has 4 nitrogen and oxygen atoms in total. The Kier molecular flexibility index (Phi) is 1.39. The SMILES string of the molecule is Nc1ccc2c3c(cccc13)S(=O)(=O)O2. The van der Waals surface area contributed by atoms with E-state index >= 15 is 0 Å². The zero-order valence-electron chi connectivity index (χ0n) is 7.60. The third-order valence-electron chi connectivity index (χ3n) is 2.47. The fraction of sp³-hybridized carbons (Fsp3) is 0. The van der Waals surface area contributed by atoms with Crippen LogP contribution in [0.2, 0.25) is 0 Å². The highest BCUT2D eigenvalue weighted by Gasteiger charge is 2.29. The Balaban J connectivity index is 2.63. The highest BCUT2D eigenvalue weighted by molar-refractivity contribution is 7.87. The molecule has 2 N–H and O–H groups in total. The van der Waals surface area contributed by atoms with E-state index in [1.807, 2.05) is 0 Å². The third-order valence-corrected chi connectivity index (χ3v) is 3.74. The van der Waals surface area contributed by atoms with Crippen LogP contribution in [-0.2, 0) is 10.1 Å². The van der Waals surface area contributed by atoms with Crippen LogP contribution in [0.25, 0.3) is 10.8 Å². The van der Waals surface area contributed by atoms with Gasteiger partial charge in [-0.05, 0) is 18.2 Å². The Morgan fingerprint density at radius 2 is 1.93 bits per heavy atom. The van der Waals surface area contributed by atoms with Crippen molar-refractivity contribution in [3.8, 4) is 5.75 Å². The summed E-state index contributed by atoms with van der Waals surface area (Å²) in [6, 6.07) is 8.17. The first kappa shape index (κ1) is 8.55. The fourth-order valence-corrected chi connectivity index (χ4v) is 2.98. The molecule has 2 aromatic rings. The summed E-state index contributed by atoms with van der Waals surface area (Å²) < 4.78 is 28.0. The van der Waals surface area contributed by atoms with E-state index in [0.717, 1.165) is 0 Å². The van der Waals surface area contributed by atoms with E-state index < -0.39 is 10.1 Å². The van der Waals surface area contributed by atoms with E-state index in [-0.39, 0.29) is 4.90 Å². The Hall–Kier alpha value is -1.75. The predicted molar refractivity (Wildman–Crippen MR) is 56.2 cm³/mol. The van der Waals surface area contributed by atoms with E-state index in [1.165, 1.54) is 6.07 Å². The summed E-state index contributed by atoms with van der Waals surface area (Å²) >= 11 is 0. The van der Waals surface area contributed by atoms with Crippen molar-refractivity contribution in [2.45, 2.75) is 4.90 Å². The zero-order valence-corrected chi connectivity index (χ0v) is 8.41. The minimum atomic E-state index is -3.63. The number of hydrogen-bond donors (Lipinski definition) is 1. The van der Waals surface area contributed by atoms with E-state index in [0.29, 0.717) is 22.2 Å². The molecule has 3 rings (SSSR count). The number of anilines is 1. The maximum atomic E-state index is 11.6. The molecule has 0 atom stereocenters. The number of nitrogen functional groups attached to an aromatic ring is 1. The molecule has 15 heavy (non-hydrogen) atoms. The lowest BCUT2D eigenvalue weighted by Gasteiger charge is -2.00. The molecule has 5 heteroatoms. The van der Waals surface area contributed by atoms with Gasteiger partial charge in [0.15, 0.2) is 5.75 Å². The van der Waals surface area contributed by atoms with Crippen LogP contribution in [0, 0.1) is 0 Å². The third kappa shape index (κ3) is 0.979. The molecule has 76 valence electrons. The van der Waals surface area contributed by atoms with Gasteiger partial charge in [0.05, 0.1) is 0 Å². The molecule has 1 heterocycles. The molecule has 0 unspecified atom stereocenters. The molecule has 0 bridgehead atoms. The lowest BCUT2D eigenvalue weighted by molar-refractivity contribution is 0.498. The van der Waals surface area contributed by atoms with Crippen LogP contribution in [0.1, 0.15) is 0 Å². The van der Waals surface area contributed by atoms with Gasteiger partial charge in [0, 0.05) is 16.5 Å². The quantitative estimate of drug-likeness (QED) is 0.540. The average molecular weight is 221 g/mol. The van der Waals surface area contributed by atoms with Crippen molar-refractivity contribution in [2.75, 3.05) is 5.73 Å². The van der Waals surface area contributed by atoms with E-state index in [9.17, 15) is 8.42 Å². The topological polar surface area (TPSA) is 69.4 Å². The Bertz CT molecular complexity index is 676. The molecule has 2 aromatic carbocycles. The van der Waals surface area contributed by atoms with E-state index in [4.69, 9.17) is 9.92 Å². The highest BCUT2D eigenvalue weighted by Crippen LogP contribution is 2.41. The van der Waals surface area contributed by atoms with Gasteiger partial charge >= 0.3 is 10.1 Å². The molecular formula is C10H7NO3S. The van der Waals surface area contributed by atoms with Crippen LogP contribution in [0.4, 0.5) is 5.69 Å². The monoisotopic (exact) mass is 221 g/mol. The summed E-state index contributed by atoms with van der Waals surface area (Å²) in [4.78, 5) is 0.197. The zero-order chi connectivity index (χ0) is 10.6. The Morgan fingerprint density at radius 1 is 1.13 bits per heavy atom. The van der Waals surface area contributed by atoms with Crippen molar-refractivity contribution in [2.24, 2.45) is 0 Å². The Labute approximate surface area is 86.4 Å². The summed E-state index contributed by atoms with van der Waals surface area (Å²) in [5.41, 5.74) is 6.31. The highest BCUT2D eigenvalue weighted by atomic mass is 32.2. The summed E-state index contributed by atoms with van der Waals surface area (Å²) in [6.07, 6.45) is 0. The van der Waals surface area contributed by atoms with Crippen molar-refractivity contribution >= 4 is 26.6 Å². The van der Waals surface area contributed by atoms with Crippen LogP contribution < -0.4 is 9.92 Å². The smallest absolute Gasteiger partial charge is 0.340 e. The van der Waals surface area contributed by atoms with Gasteiger partial charge in [0.1, 0.15) is 4.90 Å². The number of hydrogen-bond acceptors (Lipinski definition) is 4. The van der Waals surface area contributed by atoms with Crippen molar-refractivity contribution in [1.29, 1.82) is 0 Å². The maximum absolute atomic E-state index is 11.6. The predicted octanol–water partition coefficient (Wildman–Crippen LogP) is 1.50. The van der Waals surface area contributed by atoms with Gasteiger partial charge in [0.2, 0.25) is 0 Å². The number of benzene rings is 2. The second kappa shape index (κ2) is 2.43. The maximum Gasteiger partial charge on any atom is 0.340 e. The lowest BCUT2D eigenvalue weighted by atomic mass is 10.1. The van der Waals surface area contributed by atoms with Crippen LogP contribution in [0.3, 0.4) is 0 Å². The first-order valence-corrected chi connectivity index (χ1v) is 5.76. The van der Waals surface area contributed by atoms with Crippen molar-refractivity contribution < 1.29 is 12.6 Å². The number of nitrogens with two attached hydrogens (primary N) is 1. The minimum Gasteiger partial charge on any atom is -0.398 e.